The molecule has 0 fully saturated rings. The summed E-state index contributed by atoms with van der Waals surface area (Å²) in [5.74, 6) is 0. The summed E-state index contributed by atoms with van der Waals surface area (Å²) in [6, 6.07) is 2.13. The lowest BCUT2D eigenvalue weighted by Gasteiger charge is -1.94. The molecular weight excluding hydrogens is 150 g/mol. The number of carbonyl (C=O) groups excluding carboxylic acids is 1. The average molecular weight is 165 g/mol. The minimum absolute atomic E-state index is 0.701. The lowest BCUT2D eigenvalue weighted by Crippen LogP contribution is -1.84. The summed E-state index contributed by atoms with van der Waals surface area (Å²) in [6.45, 7) is 0. The van der Waals surface area contributed by atoms with Gasteiger partial charge in [-0.05, 0) is 30.9 Å². The Hall–Kier alpha value is -1.05. The van der Waals surface area contributed by atoms with Gasteiger partial charge in [0.1, 0.15) is 6.29 Å². The Bertz CT molecular complexity index is 240. The summed E-state index contributed by atoms with van der Waals surface area (Å²) in [5, 5.41) is 0. The van der Waals surface area contributed by atoms with Gasteiger partial charge in [-0.2, -0.15) is 0 Å². The van der Waals surface area contributed by atoms with Crippen molar-refractivity contribution in [3.63, 3.8) is 0 Å². The summed E-state index contributed by atoms with van der Waals surface area (Å²) in [7, 11) is 2.02. The highest BCUT2D eigenvalue weighted by molar-refractivity contribution is 5.48. The average Bonchev–Trinajstić information content (AvgIpc) is 2.45. The van der Waals surface area contributed by atoms with Crippen molar-refractivity contribution in [3.05, 3.63) is 24.0 Å². The molecular formula is C10H15NO. The molecule has 0 aromatic carbocycles. The number of carbonyl (C=O) groups is 1. The maximum absolute atomic E-state index is 10.0. The molecule has 0 saturated heterocycles. The maximum atomic E-state index is 10.0. The van der Waals surface area contributed by atoms with E-state index < -0.39 is 0 Å². The van der Waals surface area contributed by atoms with Gasteiger partial charge in [0, 0.05) is 25.9 Å². The minimum atomic E-state index is 0.701. The Kier molecular flexibility index (Phi) is 3.58. The second-order valence-electron chi connectivity index (χ2n) is 3.10. The molecule has 0 unspecified atom stereocenters. The number of hydrogen-bond acceptors (Lipinski definition) is 1. The van der Waals surface area contributed by atoms with Crippen molar-refractivity contribution in [2.75, 3.05) is 0 Å². The molecule has 1 heterocycles. The standard InChI is InChI=1S/C10H15NO/c1-11-7-6-10(9-11)5-3-2-4-8-12/h6-9H,2-5H2,1H3. The summed E-state index contributed by atoms with van der Waals surface area (Å²) < 4.78 is 2.05. The molecule has 0 spiro atoms. The third kappa shape index (κ3) is 2.91. The van der Waals surface area contributed by atoms with Crippen LogP contribution in [-0.2, 0) is 18.3 Å². The van der Waals surface area contributed by atoms with Crippen LogP contribution in [0.3, 0.4) is 0 Å². The summed E-state index contributed by atoms with van der Waals surface area (Å²) in [5.41, 5.74) is 1.36. The van der Waals surface area contributed by atoms with Gasteiger partial charge in [0.15, 0.2) is 0 Å². The number of hydrogen-bond donors (Lipinski definition) is 0. The predicted molar refractivity (Wildman–Crippen MR) is 49.0 cm³/mol. The van der Waals surface area contributed by atoms with E-state index in [0.717, 1.165) is 25.5 Å². The third-order valence-corrected chi connectivity index (χ3v) is 1.93. The SMILES string of the molecule is Cn1ccc(CCCCC=O)c1. The molecule has 0 radical (unpaired) electrons. The number of aryl methyl sites for hydroxylation is 2. The topological polar surface area (TPSA) is 22.0 Å². The molecule has 0 aliphatic carbocycles. The Labute approximate surface area is 73.2 Å². The first kappa shape index (κ1) is 9.04. The van der Waals surface area contributed by atoms with E-state index in [1.54, 1.807) is 0 Å². The Morgan fingerprint density at radius 2 is 2.33 bits per heavy atom. The van der Waals surface area contributed by atoms with E-state index in [4.69, 9.17) is 0 Å². The summed E-state index contributed by atoms with van der Waals surface area (Å²) in [6.07, 6.45) is 9.09. The molecule has 1 aromatic rings. The fraction of sp³-hybridized carbons (Fsp3) is 0.500. The number of unbranched alkanes of at least 4 members (excludes halogenated alkanes) is 2. The smallest absolute Gasteiger partial charge is 0.119 e. The number of aldehydes is 1. The van der Waals surface area contributed by atoms with Crippen LogP contribution in [0.25, 0.3) is 0 Å². The van der Waals surface area contributed by atoms with Crippen molar-refractivity contribution in [1.82, 2.24) is 4.57 Å². The molecule has 0 N–H and O–H groups in total. The van der Waals surface area contributed by atoms with Crippen LogP contribution in [0.2, 0.25) is 0 Å². The zero-order valence-electron chi connectivity index (χ0n) is 7.49. The molecule has 0 atom stereocenters. The van der Waals surface area contributed by atoms with Gasteiger partial charge < -0.3 is 9.36 Å². The van der Waals surface area contributed by atoms with Gasteiger partial charge in [-0.3, -0.25) is 0 Å². The molecule has 2 heteroatoms. The van der Waals surface area contributed by atoms with Gasteiger partial charge in [0.05, 0.1) is 0 Å². The Morgan fingerprint density at radius 1 is 1.50 bits per heavy atom. The van der Waals surface area contributed by atoms with E-state index >= 15 is 0 Å². The molecule has 0 aliphatic heterocycles. The Balaban J connectivity index is 2.19. The van der Waals surface area contributed by atoms with E-state index in [2.05, 4.69) is 23.0 Å². The number of rotatable bonds is 5. The van der Waals surface area contributed by atoms with E-state index in [9.17, 15) is 4.79 Å². The second-order valence-corrected chi connectivity index (χ2v) is 3.10. The van der Waals surface area contributed by atoms with Gasteiger partial charge in [-0.1, -0.05) is 0 Å². The highest BCUT2D eigenvalue weighted by Gasteiger charge is 1.93. The zero-order valence-corrected chi connectivity index (χ0v) is 7.49. The van der Waals surface area contributed by atoms with E-state index in [1.807, 2.05) is 7.05 Å². The summed E-state index contributed by atoms with van der Waals surface area (Å²) >= 11 is 0. The van der Waals surface area contributed by atoms with Crippen LogP contribution in [0.1, 0.15) is 24.8 Å². The monoisotopic (exact) mass is 165 g/mol. The molecule has 1 rings (SSSR count). The first-order chi connectivity index (χ1) is 5.83. The van der Waals surface area contributed by atoms with Crippen molar-refractivity contribution < 1.29 is 4.79 Å². The molecule has 0 bridgehead atoms. The molecule has 2 nitrogen and oxygen atoms in total. The number of nitrogens with zero attached hydrogens (tertiary/aromatic N) is 1. The fourth-order valence-electron chi connectivity index (χ4n) is 1.27. The van der Waals surface area contributed by atoms with E-state index in [-0.39, 0.29) is 0 Å². The predicted octanol–water partition coefficient (Wildman–Crippen LogP) is 1.94. The van der Waals surface area contributed by atoms with Crippen LogP contribution in [0.4, 0.5) is 0 Å². The van der Waals surface area contributed by atoms with Crippen LogP contribution in [0.5, 0.6) is 0 Å². The minimum Gasteiger partial charge on any atom is -0.357 e. The third-order valence-electron chi connectivity index (χ3n) is 1.93. The fourth-order valence-corrected chi connectivity index (χ4v) is 1.27. The van der Waals surface area contributed by atoms with Gasteiger partial charge in [-0.25, -0.2) is 0 Å². The van der Waals surface area contributed by atoms with Crippen LogP contribution in [-0.4, -0.2) is 10.9 Å². The first-order valence-electron chi connectivity index (χ1n) is 4.37. The van der Waals surface area contributed by atoms with Crippen molar-refractivity contribution in [2.45, 2.75) is 25.7 Å². The lowest BCUT2D eigenvalue weighted by atomic mass is 10.1. The largest absolute Gasteiger partial charge is 0.357 e. The highest BCUT2D eigenvalue weighted by Crippen LogP contribution is 2.05. The van der Waals surface area contributed by atoms with E-state index in [1.165, 1.54) is 5.56 Å². The first-order valence-corrected chi connectivity index (χ1v) is 4.37. The maximum Gasteiger partial charge on any atom is 0.119 e. The highest BCUT2D eigenvalue weighted by atomic mass is 16.1. The van der Waals surface area contributed by atoms with Crippen molar-refractivity contribution in [3.8, 4) is 0 Å². The van der Waals surface area contributed by atoms with Gasteiger partial charge in [-0.15, -0.1) is 0 Å². The molecule has 0 saturated carbocycles. The van der Waals surface area contributed by atoms with Crippen molar-refractivity contribution in [2.24, 2.45) is 7.05 Å². The molecule has 0 aliphatic rings. The van der Waals surface area contributed by atoms with Crippen molar-refractivity contribution in [1.29, 1.82) is 0 Å². The molecule has 0 amide bonds. The van der Waals surface area contributed by atoms with Crippen molar-refractivity contribution >= 4 is 6.29 Å². The Morgan fingerprint density at radius 3 is 2.92 bits per heavy atom. The quantitative estimate of drug-likeness (QED) is 0.482. The lowest BCUT2D eigenvalue weighted by molar-refractivity contribution is -0.107. The number of aromatic nitrogens is 1. The van der Waals surface area contributed by atoms with Crippen LogP contribution < -0.4 is 0 Å². The van der Waals surface area contributed by atoms with Crippen LogP contribution >= 0.6 is 0 Å². The normalized spacial score (nSPS) is 10.1. The van der Waals surface area contributed by atoms with E-state index in [0.29, 0.717) is 6.42 Å². The second kappa shape index (κ2) is 4.75. The summed E-state index contributed by atoms with van der Waals surface area (Å²) in [4.78, 5) is 10.0. The van der Waals surface area contributed by atoms with Crippen LogP contribution in [0, 0.1) is 0 Å². The molecule has 1 aromatic heterocycles. The van der Waals surface area contributed by atoms with Gasteiger partial charge in [0.25, 0.3) is 0 Å². The van der Waals surface area contributed by atoms with Gasteiger partial charge >= 0.3 is 0 Å². The van der Waals surface area contributed by atoms with Gasteiger partial charge in [0.2, 0.25) is 0 Å². The van der Waals surface area contributed by atoms with Crippen LogP contribution in [0.15, 0.2) is 18.5 Å². The molecule has 66 valence electrons. The zero-order chi connectivity index (χ0) is 8.81. The molecule has 12 heavy (non-hydrogen) atoms.